The molecule has 2 unspecified atom stereocenters. The predicted molar refractivity (Wildman–Crippen MR) is 41.0 cm³/mol. The number of methoxy groups -OCH3 is 1. The van der Waals surface area contributed by atoms with Crippen molar-refractivity contribution in [2.75, 3.05) is 20.3 Å². The normalized spacial score (nSPS) is 29.3. The molecule has 12 heavy (non-hydrogen) atoms. The summed E-state index contributed by atoms with van der Waals surface area (Å²) in [5, 5.41) is 17.9. The largest absolute Gasteiger partial charge is 0.465 e. The SMILES string of the molecule is COCC1CC(O)CN1C(=O)O. The van der Waals surface area contributed by atoms with Gasteiger partial charge in [0.2, 0.25) is 0 Å². The van der Waals surface area contributed by atoms with E-state index < -0.39 is 12.2 Å². The van der Waals surface area contributed by atoms with Crippen LogP contribution in [0.4, 0.5) is 4.79 Å². The van der Waals surface area contributed by atoms with Crippen LogP contribution in [0.15, 0.2) is 0 Å². The lowest BCUT2D eigenvalue weighted by Gasteiger charge is -2.19. The first kappa shape index (κ1) is 9.28. The molecule has 1 fully saturated rings. The minimum absolute atomic E-state index is 0.192. The van der Waals surface area contributed by atoms with Gasteiger partial charge in [-0.05, 0) is 6.42 Å². The molecular formula is C7H13NO4. The van der Waals surface area contributed by atoms with E-state index in [1.807, 2.05) is 0 Å². The van der Waals surface area contributed by atoms with Gasteiger partial charge in [-0.15, -0.1) is 0 Å². The number of carbonyl (C=O) groups is 1. The van der Waals surface area contributed by atoms with Crippen LogP contribution in [0.1, 0.15) is 6.42 Å². The Kier molecular flexibility index (Phi) is 2.88. The summed E-state index contributed by atoms with van der Waals surface area (Å²) in [5.74, 6) is 0. The summed E-state index contributed by atoms with van der Waals surface area (Å²) >= 11 is 0. The molecule has 5 heteroatoms. The number of nitrogens with zero attached hydrogens (tertiary/aromatic N) is 1. The molecule has 0 aromatic heterocycles. The van der Waals surface area contributed by atoms with Crippen LogP contribution in [0.25, 0.3) is 0 Å². The first-order chi connectivity index (χ1) is 5.65. The maximum Gasteiger partial charge on any atom is 0.407 e. The van der Waals surface area contributed by atoms with E-state index in [1.165, 1.54) is 12.0 Å². The molecule has 1 aliphatic heterocycles. The molecule has 1 aliphatic rings. The summed E-state index contributed by atoms with van der Waals surface area (Å²) in [6.07, 6.45) is -1.06. The van der Waals surface area contributed by atoms with Crippen molar-refractivity contribution in [2.45, 2.75) is 18.6 Å². The third kappa shape index (κ3) is 1.86. The number of hydrogen-bond donors (Lipinski definition) is 2. The fourth-order valence-corrected chi connectivity index (χ4v) is 1.48. The molecule has 0 aromatic rings. The van der Waals surface area contributed by atoms with Gasteiger partial charge in [0.25, 0.3) is 0 Å². The Balaban J connectivity index is 2.53. The maximum absolute atomic E-state index is 10.6. The van der Waals surface area contributed by atoms with Crippen molar-refractivity contribution < 1.29 is 19.7 Å². The molecule has 1 amide bonds. The fraction of sp³-hybridized carbons (Fsp3) is 0.857. The standard InChI is InChI=1S/C7H13NO4/c1-12-4-5-2-6(9)3-8(5)7(10)11/h5-6,9H,2-4H2,1H3,(H,10,11). The maximum atomic E-state index is 10.6. The molecule has 0 aliphatic carbocycles. The molecule has 2 atom stereocenters. The second-order valence-electron chi connectivity index (χ2n) is 2.93. The monoisotopic (exact) mass is 175 g/mol. The molecule has 0 aromatic carbocycles. The van der Waals surface area contributed by atoms with Crippen LogP contribution >= 0.6 is 0 Å². The average molecular weight is 175 g/mol. The van der Waals surface area contributed by atoms with Gasteiger partial charge in [-0.2, -0.15) is 0 Å². The lowest BCUT2D eigenvalue weighted by molar-refractivity contribution is 0.0985. The van der Waals surface area contributed by atoms with Gasteiger partial charge in [-0.1, -0.05) is 0 Å². The molecule has 0 spiro atoms. The first-order valence-electron chi connectivity index (χ1n) is 3.81. The van der Waals surface area contributed by atoms with E-state index in [0.29, 0.717) is 13.0 Å². The van der Waals surface area contributed by atoms with Gasteiger partial charge in [-0.3, -0.25) is 0 Å². The van der Waals surface area contributed by atoms with Crippen molar-refractivity contribution in [1.29, 1.82) is 0 Å². The molecular weight excluding hydrogens is 162 g/mol. The van der Waals surface area contributed by atoms with Gasteiger partial charge < -0.3 is 19.8 Å². The minimum atomic E-state index is -0.992. The van der Waals surface area contributed by atoms with Crippen molar-refractivity contribution in [3.05, 3.63) is 0 Å². The highest BCUT2D eigenvalue weighted by atomic mass is 16.5. The number of β-amino-alcohol motifs (C(OH)–C–C–N with tert-alkyl or cyclic N) is 1. The summed E-state index contributed by atoms with van der Waals surface area (Å²) in [6.45, 7) is 0.548. The minimum Gasteiger partial charge on any atom is -0.465 e. The third-order valence-corrected chi connectivity index (χ3v) is 2.00. The van der Waals surface area contributed by atoms with E-state index >= 15 is 0 Å². The van der Waals surface area contributed by atoms with E-state index in [0.717, 1.165) is 0 Å². The van der Waals surface area contributed by atoms with Gasteiger partial charge in [0.15, 0.2) is 0 Å². The number of carboxylic acid groups (broad SMARTS) is 1. The zero-order valence-electron chi connectivity index (χ0n) is 6.93. The topological polar surface area (TPSA) is 70.0 Å². The van der Waals surface area contributed by atoms with Crippen molar-refractivity contribution in [2.24, 2.45) is 0 Å². The average Bonchev–Trinajstić information content (AvgIpc) is 2.32. The van der Waals surface area contributed by atoms with Crippen molar-refractivity contribution in [3.63, 3.8) is 0 Å². The fourth-order valence-electron chi connectivity index (χ4n) is 1.48. The highest BCUT2D eigenvalue weighted by molar-refractivity contribution is 5.66. The molecule has 0 radical (unpaired) electrons. The number of aliphatic hydroxyl groups excluding tert-OH is 1. The molecule has 1 rings (SSSR count). The van der Waals surface area contributed by atoms with E-state index in [1.54, 1.807) is 0 Å². The summed E-state index contributed by atoms with van der Waals surface area (Å²) < 4.78 is 4.84. The molecule has 0 bridgehead atoms. The van der Waals surface area contributed by atoms with Gasteiger partial charge >= 0.3 is 6.09 Å². The summed E-state index contributed by atoms with van der Waals surface area (Å²) in [7, 11) is 1.52. The van der Waals surface area contributed by atoms with Gasteiger partial charge in [0.1, 0.15) is 0 Å². The highest BCUT2D eigenvalue weighted by Gasteiger charge is 2.33. The second-order valence-corrected chi connectivity index (χ2v) is 2.93. The Labute approximate surface area is 70.5 Å². The molecule has 0 saturated carbocycles. The van der Waals surface area contributed by atoms with E-state index in [-0.39, 0.29) is 12.6 Å². The number of aliphatic hydroxyl groups is 1. The van der Waals surface area contributed by atoms with Gasteiger partial charge in [0, 0.05) is 7.11 Å². The highest BCUT2D eigenvalue weighted by Crippen LogP contribution is 2.17. The Morgan fingerprint density at radius 3 is 2.92 bits per heavy atom. The molecule has 2 N–H and O–H groups in total. The van der Waals surface area contributed by atoms with Crippen molar-refractivity contribution in [3.8, 4) is 0 Å². The Hall–Kier alpha value is -0.810. The van der Waals surface area contributed by atoms with Gasteiger partial charge in [-0.25, -0.2) is 4.79 Å². The number of ether oxygens (including phenoxy) is 1. The smallest absolute Gasteiger partial charge is 0.407 e. The lowest BCUT2D eigenvalue weighted by atomic mass is 10.2. The number of rotatable bonds is 2. The number of likely N-dealkylation sites (tertiary alicyclic amines) is 1. The molecule has 1 saturated heterocycles. The van der Waals surface area contributed by atoms with Crippen LogP contribution in [-0.2, 0) is 4.74 Å². The van der Waals surface area contributed by atoms with Crippen LogP contribution in [0.2, 0.25) is 0 Å². The molecule has 70 valence electrons. The van der Waals surface area contributed by atoms with Crippen molar-refractivity contribution in [1.82, 2.24) is 4.90 Å². The Morgan fingerprint density at radius 1 is 1.75 bits per heavy atom. The predicted octanol–water partition coefficient (Wildman–Crippen LogP) is -0.254. The summed E-state index contributed by atoms with van der Waals surface area (Å²) in [4.78, 5) is 11.8. The van der Waals surface area contributed by atoms with Crippen LogP contribution in [0.3, 0.4) is 0 Å². The Bertz CT molecular complexity index is 173. The summed E-state index contributed by atoms with van der Waals surface area (Å²) in [6, 6.07) is -0.192. The second kappa shape index (κ2) is 3.73. The zero-order chi connectivity index (χ0) is 9.14. The van der Waals surface area contributed by atoms with E-state index in [2.05, 4.69) is 0 Å². The van der Waals surface area contributed by atoms with Crippen LogP contribution in [0, 0.1) is 0 Å². The number of hydrogen-bond acceptors (Lipinski definition) is 3. The van der Waals surface area contributed by atoms with E-state index in [4.69, 9.17) is 9.84 Å². The zero-order valence-corrected chi connectivity index (χ0v) is 6.93. The Morgan fingerprint density at radius 2 is 2.42 bits per heavy atom. The number of amides is 1. The molecule has 1 heterocycles. The molecule has 5 nitrogen and oxygen atoms in total. The van der Waals surface area contributed by atoms with Crippen molar-refractivity contribution >= 4 is 6.09 Å². The van der Waals surface area contributed by atoms with Gasteiger partial charge in [0.05, 0.1) is 25.3 Å². The van der Waals surface area contributed by atoms with Crippen LogP contribution in [-0.4, -0.2) is 53.6 Å². The van der Waals surface area contributed by atoms with E-state index in [9.17, 15) is 9.90 Å². The van der Waals surface area contributed by atoms with Crippen LogP contribution < -0.4 is 0 Å². The lowest BCUT2D eigenvalue weighted by Crippen LogP contribution is -2.37. The quantitative estimate of drug-likeness (QED) is 0.607. The van der Waals surface area contributed by atoms with Crippen LogP contribution in [0.5, 0.6) is 0 Å². The third-order valence-electron chi connectivity index (χ3n) is 2.00. The first-order valence-corrected chi connectivity index (χ1v) is 3.81. The summed E-state index contributed by atoms with van der Waals surface area (Å²) in [5.41, 5.74) is 0.